The highest BCUT2D eigenvalue weighted by molar-refractivity contribution is 5.32. The lowest BCUT2D eigenvalue weighted by atomic mass is 9.95. The number of ether oxygens (including phenoxy) is 3. The topological polar surface area (TPSA) is 27.7 Å². The molecule has 0 unspecified atom stereocenters. The molecular formula is C19H26F4O3. The molecule has 0 amide bonds. The minimum absolute atomic E-state index is 0.0506. The molecule has 0 spiro atoms. The number of benzene rings is 1. The molecule has 3 nitrogen and oxygen atoms in total. The van der Waals surface area contributed by atoms with Gasteiger partial charge in [-0.1, -0.05) is 13.3 Å². The number of rotatable bonds is 9. The van der Waals surface area contributed by atoms with Gasteiger partial charge in [0, 0.05) is 6.61 Å². The van der Waals surface area contributed by atoms with Crippen molar-refractivity contribution in [1.82, 2.24) is 0 Å². The van der Waals surface area contributed by atoms with Crippen LogP contribution in [0.4, 0.5) is 17.6 Å². The predicted octanol–water partition coefficient (Wildman–Crippen LogP) is 5.56. The summed E-state index contributed by atoms with van der Waals surface area (Å²) in [4.78, 5) is 0. The third-order valence-corrected chi connectivity index (χ3v) is 4.45. The van der Waals surface area contributed by atoms with Crippen LogP contribution in [-0.4, -0.2) is 25.4 Å². The first kappa shape index (κ1) is 21.0. The highest BCUT2D eigenvalue weighted by atomic mass is 19.3. The molecule has 2 rings (SSSR count). The van der Waals surface area contributed by atoms with Crippen LogP contribution in [0.2, 0.25) is 0 Å². The van der Waals surface area contributed by atoms with E-state index in [2.05, 4.69) is 6.92 Å². The lowest BCUT2D eigenvalue weighted by molar-refractivity contribution is -0.280. The maximum absolute atomic E-state index is 14.3. The molecule has 148 valence electrons. The Kier molecular flexibility index (Phi) is 7.70. The zero-order valence-corrected chi connectivity index (χ0v) is 15.2. The average Bonchev–Trinajstić information content (AvgIpc) is 2.60. The molecule has 1 aromatic carbocycles. The predicted molar refractivity (Wildman–Crippen MR) is 89.4 cm³/mol. The molecule has 0 atom stereocenters. The van der Waals surface area contributed by atoms with E-state index in [1.165, 1.54) is 0 Å². The van der Waals surface area contributed by atoms with E-state index in [0.717, 1.165) is 25.0 Å². The third-order valence-electron chi connectivity index (χ3n) is 4.45. The van der Waals surface area contributed by atoms with Crippen molar-refractivity contribution in [2.45, 2.75) is 70.7 Å². The molecule has 1 aliphatic rings. The van der Waals surface area contributed by atoms with Crippen LogP contribution in [0, 0.1) is 11.6 Å². The zero-order chi connectivity index (χ0) is 19.2. The minimum Gasteiger partial charge on any atom is -0.491 e. The molecule has 1 fully saturated rings. The van der Waals surface area contributed by atoms with Crippen molar-refractivity contribution in [2.24, 2.45) is 0 Å². The minimum atomic E-state index is -3.91. The van der Waals surface area contributed by atoms with E-state index in [4.69, 9.17) is 14.2 Å². The Bertz CT molecular complexity index is 572. The first-order valence-electron chi connectivity index (χ1n) is 9.17. The summed E-state index contributed by atoms with van der Waals surface area (Å²) in [6.45, 7) is 4.43. The summed E-state index contributed by atoms with van der Waals surface area (Å²) in [5.74, 6) is -3.47. The summed E-state index contributed by atoms with van der Waals surface area (Å²) >= 11 is 0. The second-order valence-corrected chi connectivity index (χ2v) is 6.43. The Morgan fingerprint density at radius 1 is 1.00 bits per heavy atom. The van der Waals surface area contributed by atoms with Crippen LogP contribution in [0.3, 0.4) is 0 Å². The number of unbranched alkanes of at least 4 members (excludes halogenated alkanes) is 1. The molecule has 1 saturated carbocycles. The van der Waals surface area contributed by atoms with Crippen LogP contribution in [0.1, 0.15) is 57.9 Å². The van der Waals surface area contributed by atoms with Gasteiger partial charge >= 0.3 is 6.11 Å². The largest absolute Gasteiger partial charge is 0.491 e. The van der Waals surface area contributed by atoms with E-state index >= 15 is 0 Å². The van der Waals surface area contributed by atoms with Gasteiger partial charge in [0.25, 0.3) is 0 Å². The molecule has 0 aliphatic heterocycles. The summed E-state index contributed by atoms with van der Waals surface area (Å²) in [6, 6.07) is 1.80. The molecule has 0 bridgehead atoms. The molecule has 0 aromatic heterocycles. The van der Waals surface area contributed by atoms with Crippen LogP contribution < -0.4 is 4.74 Å². The summed E-state index contributed by atoms with van der Waals surface area (Å²) in [5.41, 5.74) is -1.11. The van der Waals surface area contributed by atoms with Gasteiger partial charge in [0.1, 0.15) is 0 Å². The maximum Gasteiger partial charge on any atom is 0.386 e. The van der Waals surface area contributed by atoms with E-state index in [-0.39, 0.29) is 12.7 Å². The van der Waals surface area contributed by atoms with E-state index in [1.807, 2.05) is 0 Å². The van der Waals surface area contributed by atoms with Crippen LogP contribution in [0.25, 0.3) is 0 Å². The van der Waals surface area contributed by atoms with Crippen molar-refractivity contribution in [2.75, 3.05) is 13.2 Å². The summed E-state index contributed by atoms with van der Waals surface area (Å²) in [5, 5.41) is 0. The Morgan fingerprint density at radius 2 is 1.65 bits per heavy atom. The van der Waals surface area contributed by atoms with E-state index < -0.39 is 35.2 Å². The molecule has 1 aromatic rings. The van der Waals surface area contributed by atoms with Gasteiger partial charge in [0.15, 0.2) is 11.6 Å². The van der Waals surface area contributed by atoms with Gasteiger partial charge in [-0.25, -0.2) is 4.39 Å². The van der Waals surface area contributed by atoms with Crippen LogP contribution in [-0.2, 0) is 15.6 Å². The van der Waals surface area contributed by atoms with Crippen molar-refractivity contribution in [3.05, 3.63) is 29.3 Å². The summed E-state index contributed by atoms with van der Waals surface area (Å²) < 4.78 is 72.0. The fraction of sp³-hybridized carbons (Fsp3) is 0.684. The fourth-order valence-corrected chi connectivity index (χ4v) is 3.01. The van der Waals surface area contributed by atoms with Crippen molar-refractivity contribution >= 4 is 0 Å². The SMILES string of the molecule is CCCCOC1CCC(OC(F)(F)c2ccc(OCC)c(F)c2F)CC1. The monoisotopic (exact) mass is 378 g/mol. The van der Waals surface area contributed by atoms with Gasteiger partial charge in [0.2, 0.25) is 5.82 Å². The molecule has 26 heavy (non-hydrogen) atoms. The van der Waals surface area contributed by atoms with Gasteiger partial charge in [0.05, 0.1) is 24.4 Å². The van der Waals surface area contributed by atoms with Gasteiger partial charge < -0.3 is 14.2 Å². The van der Waals surface area contributed by atoms with Crippen LogP contribution in [0.15, 0.2) is 12.1 Å². The van der Waals surface area contributed by atoms with E-state index in [1.54, 1.807) is 6.92 Å². The van der Waals surface area contributed by atoms with E-state index in [0.29, 0.717) is 32.3 Å². The first-order valence-corrected chi connectivity index (χ1v) is 9.17. The number of hydrogen-bond acceptors (Lipinski definition) is 3. The average molecular weight is 378 g/mol. The summed E-state index contributed by atoms with van der Waals surface area (Å²) in [7, 11) is 0. The van der Waals surface area contributed by atoms with Gasteiger partial charge in [-0.3, -0.25) is 0 Å². The third kappa shape index (κ3) is 5.33. The molecule has 0 heterocycles. The normalized spacial score (nSPS) is 21.0. The Morgan fingerprint density at radius 3 is 2.27 bits per heavy atom. The lowest BCUT2D eigenvalue weighted by Crippen LogP contribution is -2.32. The van der Waals surface area contributed by atoms with Crippen LogP contribution >= 0.6 is 0 Å². The molecule has 1 aliphatic carbocycles. The second kappa shape index (κ2) is 9.55. The quantitative estimate of drug-likeness (QED) is 0.416. The molecule has 0 N–H and O–H groups in total. The van der Waals surface area contributed by atoms with Crippen molar-refractivity contribution in [3.63, 3.8) is 0 Å². The first-order chi connectivity index (χ1) is 12.4. The number of hydrogen-bond donors (Lipinski definition) is 0. The smallest absolute Gasteiger partial charge is 0.386 e. The second-order valence-electron chi connectivity index (χ2n) is 6.43. The lowest BCUT2D eigenvalue weighted by Gasteiger charge is -2.31. The van der Waals surface area contributed by atoms with Crippen molar-refractivity contribution in [3.8, 4) is 5.75 Å². The molecule has 0 radical (unpaired) electrons. The Labute approximate surface area is 151 Å². The van der Waals surface area contributed by atoms with Crippen molar-refractivity contribution < 1.29 is 31.8 Å². The summed E-state index contributed by atoms with van der Waals surface area (Å²) in [6.07, 6.45) is -0.544. The van der Waals surface area contributed by atoms with E-state index in [9.17, 15) is 17.6 Å². The zero-order valence-electron chi connectivity index (χ0n) is 15.2. The van der Waals surface area contributed by atoms with Crippen LogP contribution in [0.5, 0.6) is 5.75 Å². The Balaban J connectivity index is 1.96. The maximum atomic E-state index is 14.3. The van der Waals surface area contributed by atoms with Gasteiger partial charge in [-0.15, -0.1) is 0 Å². The number of alkyl halides is 2. The van der Waals surface area contributed by atoms with Gasteiger partial charge in [-0.05, 0) is 51.2 Å². The Hall–Kier alpha value is -1.34. The number of halogens is 4. The molecular weight excluding hydrogens is 352 g/mol. The highest BCUT2D eigenvalue weighted by Crippen LogP contribution is 2.38. The van der Waals surface area contributed by atoms with Crippen molar-refractivity contribution in [1.29, 1.82) is 0 Å². The van der Waals surface area contributed by atoms with Gasteiger partial charge in [-0.2, -0.15) is 13.2 Å². The fourth-order valence-electron chi connectivity index (χ4n) is 3.01. The highest BCUT2D eigenvalue weighted by Gasteiger charge is 2.41. The molecule has 0 saturated heterocycles. The standard InChI is InChI=1S/C19H26F4O3/c1-3-5-12-25-13-6-8-14(9-7-13)26-19(22,23)15-10-11-16(24-4-2)18(21)17(15)20/h10-11,13-14H,3-9,12H2,1-2H3. The molecule has 7 heteroatoms.